The van der Waals surface area contributed by atoms with Crippen LogP contribution in [0.3, 0.4) is 0 Å². The summed E-state index contributed by atoms with van der Waals surface area (Å²) in [7, 11) is 1.45. The molecule has 2 aromatic carbocycles. The van der Waals surface area contributed by atoms with E-state index in [2.05, 4.69) is 5.32 Å². The number of nitriles is 1. The van der Waals surface area contributed by atoms with Gasteiger partial charge < -0.3 is 19.9 Å². The number of carboxylic acid groups (broad SMARTS) is 1. The molecule has 0 aliphatic carbocycles. The molecule has 28 heavy (non-hydrogen) atoms. The molecule has 0 saturated carbocycles. The Morgan fingerprint density at radius 3 is 2.64 bits per heavy atom. The number of anilines is 1. The number of aromatic carboxylic acids is 1. The van der Waals surface area contributed by atoms with Gasteiger partial charge in [-0.05, 0) is 42.8 Å². The van der Waals surface area contributed by atoms with E-state index in [0.717, 1.165) is 0 Å². The Kier molecular flexibility index (Phi) is 7.02. The number of carbonyl (C=O) groups is 2. The highest BCUT2D eigenvalue weighted by molar-refractivity contribution is 6.32. The minimum absolute atomic E-state index is 0.0840. The van der Waals surface area contributed by atoms with Crippen LogP contribution in [0.25, 0.3) is 6.08 Å². The average molecular weight is 401 g/mol. The van der Waals surface area contributed by atoms with Crippen LogP contribution in [0.15, 0.2) is 42.0 Å². The highest BCUT2D eigenvalue weighted by Gasteiger charge is 2.16. The number of para-hydroxylation sites is 1. The summed E-state index contributed by atoms with van der Waals surface area (Å²) in [5.41, 5.74) is 0.222. The van der Waals surface area contributed by atoms with Gasteiger partial charge in [0.15, 0.2) is 11.5 Å². The Bertz CT molecular complexity index is 979. The molecule has 2 aromatic rings. The third-order valence-electron chi connectivity index (χ3n) is 3.62. The molecule has 0 fully saturated rings. The molecular weight excluding hydrogens is 384 g/mol. The van der Waals surface area contributed by atoms with Gasteiger partial charge in [0.25, 0.3) is 5.91 Å². The number of nitrogens with one attached hydrogen (secondary N) is 1. The van der Waals surface area contributed by atoms with Crippen LogP contribution in [0.4, 0.5) is 5.69 Å². The van der Waals surface area contributed by atoms with E-state index in [9.17, 15) is 20.0 Å². The molecule has 0 aliphatic rings. The fourth-order valence-corrected chi connectivity index (χ4v) is 2.71. The Morgan fingerprint density at radius 1 is 1.32 bits per heavy atom. The van der Waals surface area contributed by atoms with Gasteiger partial charge in [-0.1, -0.05) is 23.7 Å². The van der Waals surface area contributed by atoms with Crippen molar-refractivity contribution in [3.05, 3.63) is 58.1 Å². The standard InChI is InChI=1S/C20H17ClN2O5/c1-3-28-17-10-12(9-15(21)18(17)27-2)8-13(11-22)19(24)23-16-7-5-4-6-14(16)20(25)26/h4-10H,3H2,1-2H3,(H,23,24)(H,25,26)/b13-8+. The molecule has 2 N–H and O–H groups in total. The first-order valence-corrected chi connectivity index (χ1v) is 8.54. The first-order chi connectivity index (χ1) is 13.4. The van der Waals surface area contributed by atoms with E-state index in [0.29, 0.717) is 23.7 Å². The Morgan fingerprint density at radius 2 is 2.04 bits per heavy atom. The van der Waals surface area contributed by atoms with Gasteiger partial charge in [0.05, 0.1) is 30.0 Å². The largest absolute Gasteiger partial charge is 0.491 e. The highest BCUT2D eigenvalue weighted by Crippen LogP contribution is 2.37. The van der Waals surface area contributed by atoms with E-state index in [1.165, 1.54) is 37.5 Å². The molecule has 7 nitrogen and oxygen atoms in total. The maximum atomic E-state index is 12.5. The third-order valence-corrected chi connectivity index (χ3v) is 3.90. The number of methoxy groups -OCH3 is 1. The zero-order valence-electron chi connectivity index (χ0n) is 15.2. The molecule has 1 amide bonds. The predicted molar refractivity (Wildman–Crippen MR) is 105 cm³/mol. The second kappa shape index (κ2) is 9.44. The minimum Gasteiger partial charge on any atom is -0.491 e. The van der Waals surface area contributed by atoms with Crippen molar-refractivity contribution in [2.24, 2.45) is 0 Å². The number of rotatable bonds is 7. The van der Waals surface area contributed by atoms with Crippen molar-refractivity contribution in [3.63, 3.8) is 0 Å². The van der Waals surface area contributed by atoms with E-state index < -0.39 is 11.9 Å². The molecule has 0 saturated heterocycles. The van der Waals surface area contributed by atoms with Crippen LogP contribution in [-0.4, -0.2) is 30.7 Å². The lowest BCUT2D eigenvalue weighted by molar-refractivity contribution is -0.112. The number of hydrogen-bond donors (Lipinski definition) is 2. The van der Waals surface area contributed by atoms with E-state index >= 15 is 0 Å². The van der Waals surface area contributed by atoms with Crippen LogP contribution in [0, 0.1) is 11.3 Å². The second-order valence-corrected chi connectivity index (χ2v) is 5.85. The molecule has 0 unspecified atom stereocenters. The molecule has 0 aromatic heterocycles. The number of carbonyl (C=O) groups excluding carboxylic acids is 1. The second-order valence-electron chi connectivity index (χ2n) is 5.44. The zero-order valence-corrected chi connectivity index (χ0v) is 15.9. The van der Waals surface area contributed by atoms with Gasteiger partial charge in [-0.2, -0.15) is 5.26 Å². The fraction of sp³-hybridized carbons (Fsp3) is 0.150. The summed E-state index contributed by atoms with van der Waals surface area (Å²) < 4.78 is 10.7. The molecule has 0 spiro atoms. The van der Waals surface area contributed by atoms with Crippen LogP contribution in [0.1, 0.15) is 22.8 Å². The molecule has 0 atom stereocenters. The Hall–Kier alpha value is -3.50. The maximum absolute atomic E-state index is 12.5. The van der Waals surface area contributed by atoms with Gasteiger partial charge in [-0.3, -0.25) is 4.79 Å². The predicted octanol–water partition coefficient (Wildman–Crippen LogP) is 3.99. The van der Waals surface area contributed by atoms with Crippen molar-refractivity contribution < 1.29 is 24.2 Å². The van der Waals surface area contributed by atoms with Crippen LogP contribution in [0.5, 0.6) is 11.5 Å². The Labute approximate surface area is 166 Å². The quantitative estimate of drug-likeness (QED) is 0.537. The number of hydrogen-bond acceptors (Lipinski definition) is 5. The zero-order chi connectivity index (χ0) is 20.7. The topological polar surface area (TPSA) is 109 Å². The molecule has 0 heterocycles. The summed E-state index contributed by atoms with van der Waals surface area (Å²) in [5, 5.41) is 21.3. The van der Waals surface area contributed by atoms with E-state index in [4.69, 9.17) is 21.1 Å². The van der Waals surface area contributed by atoms with Crippen molar-refractivity contribution in [2.75, 3.05) is 19.0 Å². The van der Waals surface area contributed by atoms with Crippen LogP contribution >= 0.6 is 11.6 Å². The maximum Gasteiger partial charge on any atom is 0.337 e. The summed E-state index contributed by atoms with van der Waals surface area (Å²) in [4.78, 5) is 23.7. The first-order valence-electron chi connectivity index (χ1n) is 8.17. The van der Waals surface area contributed by atoms with Gasteiger partial charge in [0.1, 0.15) is 11.6 Å². The lowest BCUT2D eigenvalue weighted by atomic mass is 10.1. The first kappa shape index (κ1) is 20.8. The number of carboxylic acids is 1. The van der Waals surface area contributed by atoms with E-state index in [1.807, 2.05) is 0 Å². The number of amides is 1. The van der Waals surface area contributed by atoms with Crippen molar-refractivity contribution in [1.82, 2.24) is 0 Å². The summed E-state index contributed by atoms with van der Waals surface area (Å²) in [6, 6.07) is 10.8. The third kappa shape index (κ3) is 4.81. The fourth-order valence-electron chi connectivity index (χ4n) is 2.42. The number of benzene rings is 2. The van der Waals surface area contributed by atoms with Gasteiger partial charge >= 0.3 is 5.97 Å². The summed E-state index contributed by atoms with van der Waals surface area (Å²) in [6.45, 7) is 2.17. The van der Waals surface area contributed by atoms with Gasteiger partial charge in [-0.25, -0.2) is 4.79 Å². The lowest BCUT2D eigenvalue weighted by Gasteiger charge is -2.12. The summed E-state index contributed by atoms with van der Waals surface area (Å²) in [6.07, 6.45) is 1.33. The van der Waals surface area contributed by atoms with Gasteiger partial charge in [0.2, 0.25) is 0 Å². The lowest BCUT2D eigenvalue weighted by Crippen LogP contribution is -2.16. The van der Waals surface area contributed by atoms with E-state index in [1.54, 1.807) is 25.1 Å². The molecule has 0 bridgehead atoms. The minimum atomic E-state index is -1.19. The van der Waals surface area contributed by atoms with Crippen molar-refractivity contribution in [1.29, 1.82) is 5.26 Å². The molecule has 2 rings (SSSR count). The number of ether oxygens (including phenoxy) is 2. The van der Waals surface area contributed by atoms with Crippen molar-refractivity contribution in [2.45, 2.75) is 6.92 Å². The SMILES string of the molecule is CCOc1cc(/C=C(\C#N)C(=O)Nc2ccccc2C(=O)O)cc(Cl)c1OC. The van der Waals surface area contributed by atoms with Crippen LogP contribution < -0.4 is 14.8 Å². The number of halogens is 1. The van der Waals surface area contributed by atoms with Gasteiger partial charge in [0, 0.05) is 0 Å². The summed E-state index contributed by atoms with van der Waals surface area (Å²) >= 11 is 6.18. The summed E-state index contributed by atoms with van der Waals surface area (Å²) in [5.74, 6) is -1.22. The van der Waals surface area contributed by atoms with Crippen LogP contribution in [-0.2, 0) is 4.79 Å². The van der Waals surface area contributed by atoms with Gasteiger partial charge in [-0.15, -0.1) is 0 Å². The average Bonchev–Trinajstić information content (AvgIpc) is 2.66. The monoisotopic (exact) mass is 400 g/mol. The smallest absolute Gasteiger partial charge is 0.337 e. The molecule has 144 valence electrons. The van der Waals surface area contributed by atoms with Crippen molar-refractivity contribution in [3.8, 4) is 17.6 Å². The van der Waals surface area contributed by atoms with Crippen molar-refractivity contribution >= 4 is 35.2 Å². The normalized spacial score (nSPS) is 10.7. The van der Waals surface area contributed by atoms with E-state index in [-0.39, 0.29) is 21.8 Å². The molecule has 8 heteroatoms. The Balaban J connectivity index is 2.38. The highest BCUT2D eigenvalue weighted by atomic mass is 35.5. The molecule has 0 aliphatic heterocycles. The molecule has 0 radical (unpaired) electrons. The van der Waals surface area contributed by atoms with Crippen LogP contribution in [0.2, 0.25) is 5.02 Å². The number of nitrogens with zero attached hydrogens (tertiary/aromatic N) is 1. The molecular formula is C20H17ClN2O5.